The number of nitrogens with two attached hydrogens (primary N) is 2. The Morgan fingerprint density at radius 2 is 1.73 bits per heavy atom. The molecule has 45 heavy (non-hydrogen) atoms. The number of hydrogen-bond donors (Lipinski definition) is 4. The predicted octanol–water partition coefficient (Wildman–Crippen LogP) is 2.08. The quantitative estimate of drug-likeness (QED) is 0.195. The average molecular weight is 657 g/mol. The highest BCUT2D eigenvalue weighted by Gasteiger charge is 2.78. The molecule has 3 heterocycles. The second kappa shape index (κ2) is 12.6. The van der Waals surface area contributed by atoms with E-state index in [1.165, 1.54) is 18.4 Å². The van der Waals surface area contributed by atoms with Crippen LogP contribution in [0.2, 0.25) is 4.34 Å². The fourth-order valence-corrected chi connectivity index (χ4v) is 6.76. The molecule has 0 aromatic carbocycles. The molecule has 7 atom stereocenters. The molecule has 5 rings (SSSR count). The molecule has 3 aromatic heterocycles. The number of halogens is 1. The second-order valence-corrected chi connectivity index (χ2v) is 13.8. The van der Waals surface area contributed by atoms with Gasteiger partial charge in [0.15, 0.2) is 29.2 Å². The van der Waals surface area contributed by atoms with Crippen LogP contribution < -0.4 is 22.1 Å². The van der Waals surface area contributed by atoms with Crippen LogP contribution in [0.3, 0.4) is 0 Å². The molecular formula is C30H37ClN8O5S. The van der Waals surface area contributed by atoms with E-state index in [1.54, 1.807) is 57.8 Å². The highest BCUT2D eigenvalue weighted by molar-refractivity contribution is 7.16. The summed E-state index contributed by atoms with van der Waals surface area (Å²) >= 11 is 7.39. The molecule has 3 aromatic rings. The standard InChI is InChI=1S/C30H37ClN8O5S/c1-13(2)19(32)27(40)43-23-22(16-11-30(16,29(42)35-6)24(23)44-28(41)20(33)14(3)4)39-12-36-21-25(34-5)37-18(38-26(21)39)10-8-15-7-9-17(31)45-15/h7,9,12-14,16,19-20,22-24H,11,32-33H2,1-6H3,(H,35,42)(H,34,37,38)/t16?,19-,20-,22?,23-,24-,30?/m0/s1. The fraction of sp³-hybridized carbons (Fsp3) is 0.533. The normalized spacial score (nSPS) is 24.9. The maximum absolute atomic E-state index is 13.5. The van der Waals surface area contributed by atoms with Gasteiger partial charge in [-0.05, 0) is 42.2 Å². The number of fused-ring (bicyclic) bond motifs is 2. The number of carbonyl (C=O) groups excluding carboxylic acids is 3. The number of nitrogens with one attached hydrogen (secondary N) is 2. The lowest BCUT2D eigenvalue weighted by molar-refractivity contribution is -0.177. The van der Waals surface area contributed by atoms with Crippen molar-refractivity contribution >= 4 is 57.8 Å². The smallest absolute Gasteiger partial charge is 0.323 e. The number of rotatable bonds is 9. The summed E-state index contributed by atoms with van der Waals surface area (Å²) in [6.45, 7) is 7.18. The Morgan fingerprint density at radius 3 is 2.31 bits per heavy atom. The van der Waals surface area contributed by atoms with Crippen LogP contribution in [0.4, 0.5) is 5.82 Å². The molecule has 2 saturated carbocycles. The zero-order valence-electron chi connectivity index (χ0n) is 25.8. The van der Waals surface area contributed by atoms with Crippen LogP contribution in [0.15, 0.2) is 18.5 Å². The summed E-state index contributed by atoms with van der Waals surface area (Å²) in [5.41, 5.74) is 12.0. The summed E-state index contributed by atoms with van der Waals surface area (Å²) in [6, 6.07) is 0.973. The van der Waals surface area contributed by atoms with Crippen molar-refractivity contribution in [2.24, 2.45) is 34.6 Å². The fourth-order valence-electron chi connectivity index (χ4n) is 5.86. The lowest BCUT2D eigenvalue weighted by atomic mass is 9.96. The summed E-state index contributed by atoms with van der Waals surface area (Å²) in [5.74, 6) is 4.09. The average Bonchev–Trinajstić information content (AvgIpc) is 3.24. The van der Waals surface area contributed by atoms with E-state index in [-0.39, 0.29) is 23.6 Å². The topological polar surface area (TPSA) is 189 Å². The summed E-state index contributed by atoms with van der Waals surface area (Å²) in [6.07, 6.45) is -0.318. The van der Waals surface area contributed by atoms with Crippen molar-refractivity contribution in [3.63, 3.8) is 0 Å². The number of ether oxygens (including phenoxy) is 2. The van der Waals surface area contributed by atoms with Crippen molar-refractivity contribution in [3.05, 3.63) is 33.5 Å². The molecule has 0 radical (unpaired) electrons. The van der Waals surface area contributed by atoms with Gasteiger partial charge in [0.25, 0.3) is 0 Å². The minimum Gasteiger partial charge on any atom is -0.456 e. The molecular weight excluding hydrogens is 620 g/mol. The minimum atomic E-state index is -1.17. The van der Waals surface area contributed by atoms with Crippen molar-refractivity contribution in [2.75, 3.05) is 19.4 Å². The molecule has 1 amide bonds. The molecule has 240 valence electrons. The van der Waals surface area contributed by atoms with E-state index in [4.69, 9.17) is 37.5 Å². The second-order valence-electron chi connectivity index (χ2n) is 12.0. The zero-order valence-corrected chi connectivity index (χ0v) is 27.4. The molecule has 15 heteroatoms. The summed E-state index contributed by atoms with van der Waals surface area (Å²) in [5, 5.41) is 5.75. The number of imidazole rings is 1. The Labute approximate surface area is 269 Å². The van der Waals surface area contributed by atoms with Gasteiger partial charge in [-0.15, -0.1) is 11.3 Å². The van der Waals surface area contributed by atoms with E-state index in [1.807, 2.05) is 0 Å². The van der Waals surface area contributed by atoms with Crippen LogP contribution in [0.25, 0.3) is 11.2 Å². The number of anilines is 1. The lowest BCUT2D eigenvalue weighted by Gasteiger charge is -2.32. The van der Waals surface area contributed by atoms with Gasteiger partial charge >= 0.3 is 11.9 Å². The van der Waals surface area contributed by atoms with Gasteiger partial charge in [0.2, 0.25) is 11.7 Å². The van der Waals surface area contributed by atoms with Crippen LogP contribution in [-0.2, 0) is 23.9 Å². The van der Waals surface area contributed by atoms with Crippen molar-refractivity contribution in [1.29, 1.82) is 0 Å². The Balaban J connectivity index is 1.64. The van der Waals surface area contributed by atoms with Crippen molar-refractivity contribution in [3.8, 4) is 11.8 Å². The molecule has 0 bridgehead atoms. The molecule has 2 aliphatic rings. The largest absolute Gasteiger partial charge is 0.456 e. The highest BCUT2D eigenvalue weighted by atomic mass is 35.5. The van der Waals surface area contributed by atoms with Gasteiger partial charge in [-0.25, -0.2) is 15.0 Å². The van der Waals surface area contributed by atoms with Gasteiger partial charge in [0.05, 0.1) is 27.0 Å². The van der Waals surface area contributed by atoms with Crippen molar-refractivity contribution in [1.82, 2.24) is 24.8 Å². The number of amides is 1. The zero-order chi connectivity index (χ0) is 32.8. The third kappa shape index (κ3) is 5.85. The molecule has 0 aliphatic heterocycles. The van der Waals surface area contributed by atoms with Crippen LogP contribution in [0.1, 0.15) is 50.9 Å². The van der Waals surface area contributed by atoms with E-state index < -0.39 is 53.6 Å². The molecule has 3 unspecified atom stereocenters. The molecule has 0 saturated heterocycles. The van der Waals surface area contributed by atoms with E-state index in [0.717, 1.165) is 4.88 Å². The number of nitrogens with zero attached hydrogens (tertiary/aromatic N) is 4. The molecule has 2 aliphatic carbocycles. The molecule has 6 N–H and O–H groups in total. The third-order valence-electron chi connectivity index (χ3n) is 8.59. The number of aromatic nitrogens is 4. The van der Waals surface area contributed by atoms with E-state index in [2.05, 4.69) is 32.4 Å². The van der Waals surface area contributed by atoms with Crippen molar-refractivity contribution < 1.29 is 23.9 Å². The molecule has 13 nitrogen and oxygen atoms in total. The Hall–Kier alpha value is -3.77. The van der Waals surface area contributed by atoms with Gasteiger partial charge in [-0.2, -0.15) is 0 Å². The van der Waals surface area contributed by atoms with Gasteiger partial charge in [0, 0.05) is 20.0 Å². The van der Waals surface area contributed by atoms with Crippen LogP contribution in [0, 0.1) is 35.0 Å². The Morgan fingerprint density at radius 1 is 1.07 bits per heavy atom. The first-order valence-corrected chi connectivity index (χ1v) is 15.9. The first-order valence-electron chi connectivity index (χ1n) is 14.7. The van der Waals surface area contributed by atoms with Gasteiger partial charge in [-0.3, -0.25) is 14.4 Å². The first-order chi connectivity index (χ1) is 21.3. The van der Waals surface area contributed by atoms with Crippen molar-refractivity contribution in [2.45, 2.75) is 64.4 Å². The van der Waals surface area contributed by atoms with E-state index in [9.17, 15) is 14.4 Å². The Kier molecular flexibility index (Phi) is 9.10. The van der Waals surface area contributed by atoms with Gasteiger partial charge < -0.3 is 36.1 Å². The molecule has 0 spiro atoms. The lowest BCUT2D eigenvalue weighted by Crippen LogP contribution is -2.50. The summed E-state index contributed by atoms with van der Waals surface area (Å²) < 4.78 is 14.4. The predicted molar refractivity (Wildman–Crippen MR) is 169 cm³/mol. The number of thiophene rings is 1. The third-order valence-corrected chi connectivity index (χ3v) is 9.74. The van der Waals surface area contributed by atoms with E-state index >= 15 is 0 Å². The number of carbonyl (C=O) groups is 3. The van der Waals surface area contributed by atoms with Gasteiger partial charge in [0.1, 0.15) is 12.1 Å². The summed E-state index contributed by atoms with van der Waals surface area (Å²) in [4.78, 5) is 54.6. The van der Waals surface area contributed by atoms with Crippen LogP contribution in [-0.4, -0.2) is 75.8 Å². The van der Waals surface area contributed by atoms with Gasteiger partial charge in [-0.1, -0.05) is 39.3 Å². The maximum atomic E-state index is 13.5. The van der Waals surface area contributed by atoms with Crippen LogP contribution >= 0.6 is 22.9 Å². The first kappa shape index (κ1) is 32.6. The van der Waals surface area contributed by atoms with Crippen LogP contribution in [0.5, 0.6) is 0 Å². The Bertz CT molecular complexity index is 1700. The summed E-state index contributed by atoms with van der Waals surface area (Å²) in [7, 11) is 3.22. The number of esters is 2. The SMILES string of the molecule is CNC(=O)C12CC1C(n1cnc3c(NC)nc(C#Cc4ccc(Cl)s4)nc31)[C@H](OC(=O)[C@@H](N)C(C)C)[C@@H]2OC(=O)[C@@H](N)C(C)C. The number of hydrogen-bond acceptors (Lipinski definition) is 12. The minimum absolute atomic E-state index is 0.214. The maximum Gasteiger partial charge on any atom is 0.323 e. The monoisotopic (exact) mass is 656 g/mol. The van der Waals surface area contributed by atoms with E-state index in [0.29, 0.717) is 27.7 Å². The molecule has 2 fully saturated rings. The highest BCUT2D eigenvalue weighted by Crippen LogP contribution is 2.69.